The van der Waals surface area contributed by atoms with Crippen LogP contribution in [-0.2, 0) is 32.1 Å². The Kier molecular flexibility index (Phi) is 5.26. The van der Waals surface area contributed by atoms with E-state index in [0.29, 0.717) is 0 Å². The predicted octanol–water partition coefficient (Wildman–Crippen LogP) is 1.64. The maximum atomic E-state index is 13.1. The third-order valence-corrected chi connectivity index (χ3v) is 4.87. The summed E-state index contributed by atoms with van der Waals surface area (Å²) in [6.07, 6.45) is 0.0624. The number of hydrogen-bond donors (Lipinski definition) is 0. The highest BCUT2D eigenvalue weighted by Gasteiger charge is 2.57. The predicted molar refractivity (Wildman–Crippen MR) is 99.5 cm³/mol. The number of piperazine rings is 1. The largest absolute Gasteiger partial charge is 0.459 e. The van der Waals surface area contributed by atoms with E-state index in [1.165, 1.54) is 23.9 Å². The van der Waals surface area contributed by atoms with E-state index >= 15 is 0 Å². The Morgan fingerprint density at radius 2 is 1.52 bits per heavy atom. The van der Waals surface area contributed by atoms with Crippen molar-refractivity contribution in [2.24, 2.45) is 0 Å². The van der Waals surface area contributed by atoms with Gasteiger partial charge < -0.3 is 14.5 Å². The van der Waals surface area contributed by atoms with Crippen LogP contribution < -0.4 is 0 Å². The smallest absolute Gasteiger partial charge is 0.342 e. The van der Waals surface area contributed by atoms with Crippen molar-refractivity contribution in [2.45, 2.75) is 18.6 Å². The first-order valence-electron chi connectivity index (χ1n) is 8.72. The minimum Gasteiger partial charge on any atom is -0.459 e. The fourth-order valence-electron chi connectivity index (χ4n) is 3.28. The van der Waals surface area contributed by atoms with Gasteiger partial charge in [-0.2, -0.15) is 0 Å². The maximum Gasteiger partial charge on any atom is 0.342 e. The van der Waals surface area contributed by atoms with Crippen molar-refractivity contribution >= 4 is 17.8 Å². The van der Waals surface area contributed by atoms with E-state index in [1.54, 1.807) is 0 Å². The van der Waals surface area contributed by atoms with Crippen LogP contribution in [0.5, 0.6) is 0 Å². The van der Waals surface area contributed by atoms with Gasteiger partial charge in [0, 0.05) is 20.5 Å². The summed E-state index contributed by atoms with van der Waals surface area (Å²) in [5.74, 6) is -1.46. The first kappa shape index (κ1) is 18.6. The van der Waals surface area contributed by atoms with Gasteiger partial charge in [-0.05, 0) is 11.1 Å². The standard InChI is InChI=1S/C21H22N2O4/c1-22-14-18(24)23(2)21(19(22)25,13-16-9-5-3-6-10-16)20(26)27-15-17-11-7-4-8-12-17/h3-12H,13-15H2,1-2H3. The van der Waals surface area contributed by atoms with Gasteiger partial charge in [0.05, 0.1) is 6.54 Å². The van der Waals surface area contributed by atoms with Crippen molar-refractivity contribution < 1.29 is 19.1 Å². The van der Waals surface area contributed by atoms with Crippen molar-refractivity contribution in [3.8, 4) is 0 Å². The summed E-state index contributed by atoms with van der Waals surface area (Å²) in [4.78, 5) is 41.2. The summed E-state index contributed by atoms with van der Waals surface area (Å²) < 4.78 is 5.50. The average molecular weight is 366 g/mol. The zero-order valence-corrected chi connectivity index (χ0v) is 15.4. The Morgan fingerprint density at radius 1 is 0.963 bits per heavy atom. The summed E-state index contributed by atoms with van der Waals surface area (Å²) in [6, 6.07) is 18.4. The molecule has 1 aliphatic rings. The van der Waals surface area contributed by atoms with E-state index in [4.69, 9.17) is 4.74 Å². The Hall–Kier alpha value is -3.15. The van der Waals surface area contributed by atoms with Crippen LogP contribution in [0.2, 0.25) is 0 Å². The van der Waals surface area contributed by atoms with Gasteiger partial charge in [0.1, 0.15) is 6.61 Å². The molecule has 0 saturated carbocycles. The van der Waals surface area contributed by atoms with Gasteiger partial charge in [-0.15, -0.1) is 0 Å². The lowest BCUT2D eigenvalue weighted by Gasteiger charge is -2.44. The highest BCUT2D eigenvalue weighted by atomic mass is 16.5. The minimum atomic E-state index is -1.71. The number of benzene rings is 2. The number of esters is 1. The molecule has 1 unspecified atom stereocenters. The molecule has 140 valence electrons. The Labute approximate surface area is 158 Å². The van der Waals surface area contributed by atoms with Crippen molar-refractivity contribution in [1.29, 1.82) is 0 Å². The number of ether oxygens (including phenoxy) is 1. The molecule has 0 aromatic heterocycles. The van der Waals surface area contributed by atoms with Crippen molar-refractivity contribution in [2.75, 3.05) is 20.6 Å². The van der Waals surface area contributed by atoms with Gasteiger partial charge in [-0.1, -0.05) is 60.7 Å². The number of rotatable bonds is 5. The highest BCUT2D eigenvalue weighted by Crippen LogP contribution is 2.28. The van der Waals surface area contributed by atoms with E-state index in [9.17, 15) is 14.4 Å². The van der Waals surface area contributed by atoms with Gasteiger partial charge in [0.15, 0.2) is 0 Å². The van der Waals surface area contributed by atoms with Crippen molar-refractivity contribution in [1.82, 2.24) is 9.80 Å². The van der Waals surface area contributed by atoms with Crippen molar-refractivity contribution in [3.05, 3.63) is 71.8 Å². The summed E-state index contributed by atoms with van der Waals surface area (Å²) >= 11 is 0. The molecule has 0 N–H and O–H groups in total. The molecular weight excluding hydrogens is 344 g/mol. The average Bonchev–Trinajstić information content (AvgIpc) is 2.69. The second-order valence-corrected chi connectivity index (χ2v) is 6.70. The highest BCUT2D eigenvalue weighted by molar-refractivity contribution is 6.13. The SMILES string of the molecule is CN1CC(=O)N(C)C(Cc2ccccc2)(C(=O)OCc2ccccc2)C1=O. The molecule has 1 atom stereocenters. The van der Waals surface area contributed by atoms with Gasteiger partial charge in [0.25, 0.3) is 5.91 Å². The second kappa shape index (κ2) is 7.61. The van der Waals surface area contributed by atoms with Crippen LogP contribution in [0, 0.1) is 0 Å². The molecule has 1 fully saturated rings. The zero-order chi connectivity index (χ0) is 19.4. The molecule has 1 heterocycles. The molecule has 6 heteroatoms. The summed E-state index contributed by atoms with van der Waals surface area (Å²) in [5.41, 5.74) is -0.121. The minimum absolute atomic E-state index is 0.0369. The van der Waals surface area contributed by atoms with Gasteiger partial charge in [-0.25, -0.2) is 4.79 Å². The molecule has 0 bridgehead atoms. The van der Waals surface area contributed by atoms with Crippen LogP contribution in [-0.4, -0.2) is 53.8 Å². The molecule has 0 spiro atoms. The first-order valence-corrected chi connectivity index (χ1v) is 8.72. The molecule has 1 saturated heterocycles. The molecule has 2 aromatic rings. The molecule has 3 rings (SSSR count). The number of hydrogen-bond acceptors (Lipinski definition) is 4. The van der Waals surface area contributed by atoms with Crippen LogP contribution in [0.25, 0.3) is 0 Å². The molecular formula is C21H22N2O4. The molecule has 27 heavy (non-hydrogen) atoms. The molecule has 0 radical (unpaired) electrons. The summed E-state index contributed by atoms with van der Waals surface area (Å²) in [7, 11) is 3.01. The summed E-state index contributed by atoms with van der Waals surface area (Å²) in [6.45, 7) is -0.0208. The normalized spacial score (nSPS) is 19.9. The van der Waals surface area contributed by atoms with E-state index in [2.05, 4.69) is 0 Å². The Balaban J connectivity index is 1.94. The molecule has 6 nitrogen and oxygen atoms in total. The van der Waals surface area contributed by atoms with E-state index in [-0.39, 0.29) is 25.5 Å². The Bertz CT molecular complexity index is 838. The summed E-state index contributed by atoms with van der Waals surface area (Å²) in [5, 5.41) is 0. The molecule has 2 amide bonds. The quantitative estimate of drug-likeness (QED) is 0.596. The third-order valence-electron chi connectivity index (χ3n) is 4.87. The van der Waals surface area contributed by atoms with Gasteiger partial charge >= 0.3 is 5.97 Å². The van der Waals surface area contributed by atoms with Crippen LogP contribution in [0.15, 0.2) is 60.7 Å². The molecule has 0 aliphatic carbocycles. The van der Waals surface area contributed by atoms with Crippen LogP contribution in [0.4, 0.5) is 0 Å². The number of likely N-dealkylation sites (N-methyl/N-ethyl adjacent to an activating group) is 2. The van der Waals surface area contributed by atoms with E-state index < -0.39 is 17.4 Å². The van der Waals surface area contributed by atoms with Crippen molar-refractivity contribution in [3.63, 3.8) is 0 Å². The lowest BCUT2D eigenvalue weighted by molar-refractivity contribution is -0.178. The number of carbonyl (C=O) groups excluding carboxylic acids is 3. The lowest BCUT2D eigenvalue weighted by Crippen LogP contribution is -2.71. The van der Waals surface area contributed by atoms with Gasteiger partial charge in [-0.3, -0.25) is 9.59 Å². The van der Waals surface area contributed by atoms with E-state index in [1.807, 2.05) is 60.7 Å². The second-order valence-electron chi connectivity index (χ2n) is 6.70. The Morgan fingerprint density at radius 3 is 2.11 bits per heavy atom. The fourth-order valence-corrected chi connectivity index (χ4v) is 3.28. The monoisotopic (exact) mass is 366 g/mol. The lowest BCUT2D eigenvalue weighted by atomic mass is 9.85. The molecule has 2 aromatic carbocycles. The number of nitrogens with zero attached hydrogens (tertiary/aromatic N) is 2. The molecule has 1 aliphatic heterocycles. The van der Waals surface area contributed by atoms with Crippen LogP contribution in [0.1, 0.15) is 11.1 Å². The van der Waals surface area contributed by atoms with Gasteiger partial charge in [0.2, 0.25) is 11.4 Å². The topological polar surface area (TPSA) is 66.9 Å². The van der Waals surface area contributed by atoms with E-state index in [0.717, 1.165) is 11.1 Å². The number of amides is 2. The fraction of sp³-hybridized carbons (Fsp3) is 0.286. The maximum absolute atomic E-state index is 13.1. The third kappa shape index (κ3) is 3.56. The first-order chi connectivity index (χ1) is 12.9. The zero-order valence-electron chi connectivity index (χ0n) is 15.4. The van der Waals surface area contributed by atoms with Crippen LogP contribution in [0.3, 0.4) is 0 Å². The van der Waals surface area contributed by atoms with Crippen LogP contribution >= 0.6 is 0 Å². The number of carbonyl (C=O) groups is 3.